The van der Waals surface area contributed by atoms with E-state index in [2.05, 4.69) is 19.6 Å². The van der Waals surface area contributed by atoms with Crippen molar-refractivity contribution < 1.29 is 8.82 Å². The molecule has 0 aliphatic carbocycles. The predicted octanol–water partition coefficient (Wildman–Crippen LogP) is 4.68. The summed E-state index contributed by atoms with van der Waals surface area (Å²) < 4.78 is 19.0. The van der Waals surface area contributed by atoms with Crippen molar-refractivity contribution in [3.8, 4) is 0 Å². The van der Waals surface area contributed by atoms with E-state index in [1.807, 2.05) is 26.0 Å². The Labute approximate surface area is 104 Å². The van der Waals surface area contributed by atoms with Crippen LogP contribution in [0, 0.1) is 5.82 Å². The van der Waals surface area contributed by atoms with E-state index in [-0.39, 0.29) is 11.7 Å². The average Bonchev–Trinajstić information content (AvgIpc) is 2.14. The third kappa shape index (κ3) is 5.17. The first kappa shape index (κ1) is 14.0. The van der Waals surface area contributed by atoms with Gasteiger partial charge in [0.1, 0.15) is 5.82 Å². The lowest BCUT2D eigenvalue weighted by molar-refractivity contribution is 0.420. The van der Waals surface area contributed by atoms with Gasteiger partial charge in [-0.2, -0.15) is 0 Å². The second kappa shape index (κ2) is 5.49. The molecule has 0 aromatic heterocycles. The quantitative estimate of drug-likeness (QED) is 0.558. The molecular formula is C14H21FOSi. The molecule has 0 spiro atoms. The molecule has 1 nitrogen and oxygen atoms in total. The Morgan fingerprint density at radius 3 is 2.53 bits per heavy atom. The van der Waals surface area contributed by atoms with Gasteiger partial charge in [-0.3, -0.25) is 0 Å². The van der Waals surface area contributed by atoms with Gasteiger partial charge in [0, 0.05) is 5.92 Å². The predicted molar refractivity (Wildman–Crippen MR) is 73.0 cm³/mol. The minimum atomic E-state index is -1.54. The monoisotopic (exact) mass is 252 g/mol. The summed E-state index contributed by atoms with van der Waals surface area (Å²) in [6.07, 6.45) is 2.05. The van der Waals surface area contributed by atoms with Crippen molar-refractivity contribution in [1.82, 2.24) is 0 Å². The van der Waals surface area contributed by atoms with Crippen LogP contribution in [0.4, 0.5) is 4.39 Å². The highest BCUT2D eigenvalue weighted by Gasteiger charge is 2.16. The molecular weight excluding hydrogens is 231 g/mol. The molecule has 0 aliphatic heterocycles. The van der Waals surface area contributed by atoms with Crippen LogP contribution < -0.4 is 0 Å². The lowest BCUT2D eigenvalue weighted by atomic mass is 10.0. The molecule has 0 bridgehead atoms. The fraction of sp³-hybridized carbons (Fsp3) is 0.429. The Morgan fingerprint density at radius 1 is 1.35 bits per heavy atom. The molecule has 3 heteroatoms. The lowest BCUT2D eigenvalue weighted by Crippen LogP contribution is -2.24. The van der Waals surface area contributed by atoms with E-state index in [4.69, 9.17) is 4.43 Å². The highest BCUT2D eigenvalue weighted by atomic mass is 28.4. The Bertz CT molecular complexity index is 407. The van der Waals surface area contributed by atoms with Gasteiger partial charge in [0.15, 0.2) is 0 Å². The van der Waals surface area contributed by atoms with Gasteiger partial charge in [0.2, 0.25) is 8.32 Å². The molecule has 0 fully saturated rings. The van der Waals surface area contributed by atoms with E-state index in [1.54, 1.807) is 12.1 Å². The Balaban J connectivity index is 2.77. The molecule has 0 saturated carbocycles. The van der Waals surface area contributed by atoms with Gasteiger partial charge in [-0.25, -0.2) is 4.39 Å². The molecule has 0 N–H and O–H groups in total. The summed E-state index contributed by atoms with van der Waals surface area (Å²) in [6, 6.07) is 6.71. The van der Waals surface area contributed by atoms with Gasteiger partial charge >= 0.3 is 0 Å². The largest absolute Gasteiger partial charge is 0.548 e. The highest BCUT2D eigenvalue weighted by molar-refractivity contribution is 6.70. The molecule has 0 amide bonds. The van der Waals surface area contributed by atoms with Crippen LogP contribution in [0.5, 0.6) is 0 Å². The molecule has 0 heterocycles. The summed E-state index contributed by atoms with van der Waals surface area (Å²) in [5.41, 5.74) is 0.975. The number of halogens is 1. The number of hydrogen-bond donors (Lipinski definition) is 0. The molecule has 1 aromatic rings. The first-order valence-corrected chi connectivity index (χ1v) is 9.31. The van der Waals surface area contributed by atoms with Crippen molar-refractivity contribution in [2.24, 2.45) is 0 Å². The van der Waals surface area contributed by atoms with Crippen molar-refractivity contribution in [1.29, 1.82) is 0 Å². The molecule has 1 rings (SSSR count). The number of rotatable bonds is 4. The number of allylic oxidation sites excluding steroid dienone is 2. The first-order chi connectivity index (χ1) is 7.78. The van der Waals surface area contributed by atoms with E-state index in [0.717, 1.165) is 11.3 Å². The van der Waals surface area contributed by atoms with Crippen LogP contribution >= 0.6 is 0 Å². The van der Waals surface area contributed by atoms with Gasteiger partial charge in [0.05, 0.1) is 5.76 Å². The molecule has 1 unspecified atom stereocenters. The van der Waals surface area contributed by atoms with Crippen LogP contribution in [0.3, 0.4) is 0 Å². The molecule has 94 valence electrons. The van der Waals surface area contributed by atoms with Gasteiger partial charge in [-0.05, 0) is 50.3 Å². The number of hydrogen-bond acceptors (Lipinski definition) is 1. The van der Waals surface area contributed by atoms with E-state index >= 15 is 0 Å². The van der Waals surface area contributed by atoms with Crippen molar-refractivity contribution in [3.63, 3.8) is 0 Å². The summed E-state index contributed by atoms with van der Waals surface area (Å²) >= 11 is 0. The van der Waals surface area contributed by atoms with Crippen molar-refractivity contribution >= 4 is 8.32 Å². The molecule has 17 heavy (non-hydrogen) atoms. The molecule has 0 saturated heterocycles. The minimum absolute atomic E-state index is 0.169. The summed E-state index contributed by atoms with van der Waals surface area (Å²) in [5.74, 6) is 0.912. The second-order valence-corrected chi connectivity index (χ2v) is 9.76. The molecule has 1 aromatic carbocycles. The molecule has 0 radical (unpaired) electrons. The third-order valence-electron chi connectivity index (χ3n) is 2.33. The molecule has 0 aliphatic rings. The van der Waals surface area contributed by atoms with E-state index < -0.39 is 8.32 Å². The van der Waals surface area contributed by atoms with Crippen LogP contribution in [0.15, 0.2) is 36.1 Å². The topological polar surface area (TPSA) is 9.23 Å². The Kier molecular flexibility index (Phi) is 4.51. The van der Waals surface area contributed by atoms with E-state index in [1.165, 1.54) is 6.07 Å². The normalized spacial score (nSPS) is 14.6. The zero-order chi connectivity index (χ0) is 13.1. The van der Waals surface area contributed by atoms with E-state index in [9.17, 15) is 4.39 Å². The minimum Gasteiger partial charge on any atom is -0.548 e. The zero-order valence-corrected chi connectivity index (χ0v) is 12.3. The van der Waals surface area contributed by atoms with E-state index in [0.29, 0.717) is 0 Å². The summed E-state index contributed by atoms with van der Waals surface area (Å²) in [7, 11) is -1.54. The van der Waals surface area contributed by atoms with Crippen molar-refractivity contribution in [3.05, 3.63) is 47.5 Å². The Hall–Kier alpha value is -1.09. The van der Waals surface area contributed by atoms with Crippen LogP contribution in [0.2, 0.25) is 19.6 Å². The maximum Gasteiger partial charge on any atom is 0.241 e. The van der Waals surface area contributed by atoms with Crippen molar-refractivity contribution in [2.75, 3.05) is 0 Å². The summed E-state index contributed by atoms with van der Waals surface area (Å²) in [4.78, 5) is 0. The maximum atomic E-state index is 13.1. The highest BCUT2D eigenvalue weighted by Crippen LogP contribution is 2.20. The number of benzene rings is 1. The second-order valence-electron chi connectivity index (χ2n) is 5.34. The fourth-order valence-electron chi connectivity index (χ4n) is 1.76. The zero-order valence-electron chi connectivity index (χ0n) is 11.3. The SMILES string of the molecule is C/C(=C\C(C)c1cccc(F)c1)O[Si](C)(C)C. The lowest BCUT2D eigenvalue weighted by Gasteiger charge is -2.20. The fourth-order valence-corrected chi connectivity index (χ4v) is 2.79. The first-order valence-electron chi connectivity index (χ1n) is 5.91. The van der Waals surface area contributed by atoms with Crippen molar-refractivity contribution in [2.45, 2.75) is 39.4 Å². The van der Waals surface area contributed by atoms with Gasteiger partial charge in [0.25, 0.3) is 0 Å². The summed E-state index contributed by atoms with van der Waals surface area (Å²) in [6.45, 7) is 10.5. The summed E-state index contributed by atoms with van der Waals surface area (Å²) in [5, 5.41) is 0. The Morgan fingerprint density at radius 2 is 2.00 bits per heavy atom. The van der Waals surface area contributed by atoms with Gasteiger partial charge < -0.3 is 4.43 Å². The maximum absolute atomic E-state index is 13.1. The van der Waals surface area contributed by atoms with Crippen LogP contribution in [-0.4, -0.2) is 8.32 Å². The average molecular weight is 252 g/mol. The standard InChI is InChI=1S/C14H21FOSi/c1-11(9-12(2)16-17(3,4)5)13-7-6-8-14(15)10-13/h6-11H,1-5H3/b12-9+. The smallest absolute Gasteiger partial charge is 0.241 e. The third-order valence-corrected chi connectivity index (χ3v) is 3.26. The van der Waals surface area contributed by atoms with Crippen LogP contribution in [-0.2, 0) is 4.43 Å². The van der Waals surface area contributed by atoms with Gasteiger partial charge in [-0.1, -0.05) is 19.1 Å². The van der Waals surface area contributed by atoms with Crippen LogP contribution in [0.25, 0.3) is 0 Å². The van der Waals surface area contributed by atoms with Crippen LogP contribution in [0.1, 0.15) is 25.3 Å². The molecule has 1 atom stereocenters. The van der Waals surface area contributed by atoms with Gasteiger partial charge in [-0.15, -0.1) is 0 Å².